The van der Waals surface area contributed by atoms with E-state index < -0.39 is 11.2 Å². The van der Waals surface area contributed by atoms with E-state index >= 15 is 0 Å². The molecule has 0 spiro atoms. The van der Waals surface area contributed by atoms with Crippen LogP contribution in [-0.2, 0) is 11.2 Å². The van der Waals surface area contributed by atoms with E-state index in [-0.39, 0.29) is 0 Å². The summed E-state index contributed by atoms with van der Waals surface area (Å²) in [5.74, 6) is 0.830. The number of aromatic nitrogens is 1. The van der Waals surface area contributed by atoms with Crippen LogP contribution >= 0.6 is 0 Å². The third-order valence-corrected chi connectivity index (χ3v) is 7.88. The average molecular weight is 504 g/mol. The van der Waals surface area contributed by atoms with E-state index in [9.17, 15) is 5.11 Å². The van der Waals surface area contributed by atoms with Crippen LogP contribution in [0, 0.1) is 0 Å². The highest BCUT2D eigenvalue weighted by molar-refractivity contribution is 6.52. The Bertz CT molecular complexity index is 1790. The maximum absolute atomic E-state index is 10.7. The fourth-order valence-corrected chi connectivity index (χ4v) is 4.98. The number of para-hydroxylation sites is 2. The minimum atomic E-state index is -1.02. The minimum Gasteiger partial charge on any atom is -0.497 e. The highest BCUT2D eigenvalue weighted by atomic mass is 16.5. The van der Waals surface area contributed by atoms with Gasteiger partial charge in [-0.25, -0.2) is 0 Å². The standard InChI is InChI=1S/C32H31BNO4/c1-31(2,35)32(3,4)38-33-25-11-8-10-24-28-26(18-17-23-22-9-6-7-12-27(22)37-30(23)28)34(29(24)25)19-20-13-15-21(36-5)16-14-20/h6-18,35H,19H2,1-5H3. The van der Waals surface area contributed by atoms with Crippen molar-refractivity contribution in [2.45, 2.75) is 45.4 Å². The molecule has 0 aliphatic carbocycles. The zero-order valence-electron chi connectivity index (χ0n) is 22.4. The third kappa shape index (κ3) is 3.96. The summed E-state index contributed by atoms with van der Waals surface area (Å²) in [7, 11) is 3.46. The molecular weight excluding hydrogens is 473 g/mol. The molecule has 0 atom stereocenters. The van der Waals surface area contributed by atoms with Crippen molar-refractivity contribution in [3.05, 3.63) is 84.4 Å². The first kappa shape index (κ1) is 24.6. The number of aliphatic hydroxyl groups is 1. The SMILES string of the molecule is COc1ccc(Cn2c3ccc4c5ccccc5oc4c3c3cccc([B]OC(C)(C)C(C)(C)O)c32)cc1. The third-order valence-electron chi connectivity index (χ3n) is 7.88. The highest BCUT2D eigenvalue weighted by Gasteiger charge is 2.36. The predicted octanol–water partition coefficient (Wildman–Crippen LogP) is 6.56. The Balaban J connectivity index is 1.59. The summed E-state index contributed by atoms with van der Waals surface area (Å²) in [5.41, 5.74) is 4.20. The Kier molecular flexibility index (Phi) is 5.78. The molecule has 6 heteroatoms. The van der Waals surface area contributed by atoms with Crippen LogP contribution in [0.15, 0.2) is 83.3 Å². The lowest BCUT2D eigenvalue weighted by atomic mass is 9.81. The van der Waals surface area contributed by atoms with Gasteiger partial charge in [-0.05, 0) is 69.1 Å². The Morgan fingerprint density at radius 1 is 0.842 bits per heavy atom. The predicted molar refractivity (Wildman–Crippen MR) is 156 cm³/mol. The van der Waals surface area contributed by atoms with Crippen molar-refractivity contribution in [3.8, 4) is 5.75 Å². The van der Waals surface area contributed by atoms with Gasteiger partial charge in [-0.15, -0.1) is 0 Å². The van der Waals surface area contributed by atoms with Crippen LogP contribution < -0.4 is 10.2 Å². The van der Waals surface area contributed by atoms with Gasteiger partial charge < -0.3 is 23.5 Å². The molecular formula is C32H31BNO4. The van der Waals surface area contributed by atoms with Crippen molar-refractivity contribution in [3.63, 3.8) is 0 Å². The molecule has 191 valence electrons. The van der Waals surface area contributed by atoms with Crippen LogP contribution in [0.2, 0.25) is 0 Å². The first-order chi connectivity index (χ1) is 18.2. The number of benzene rings is 4. The molecule has 0 saturated heterocycles. The van der Waals surface area contributed by atoms with Crippen molar-refractivity contribution in [2.75, 3.05) is 7.11 Å². The van der Waals surface area contributed by atoms with Crippen molar-refractivity contribution < 1.29 is 18.9 Å². The molecule has 4 aromatic carbocycles. The number of methoxy groups -OCH3 is 1. The van der Waals surface area contributed by atoms with E-state index in [1.165, 1.54) is 0 Å². The van der Waals surface area contributed by atoms with Gasteiger partial charge in [0.25, 0.3) is 0 Å². The molecule has 0 unspecified atom stereocenters. The van der Waals surface area contributed by atoms with Crippen LogP contribution in [0.1, 0.15) is 33.3 Å². The molecule has 0 aliphatic heterocycles. The summed E-state index contributed by atoms with van der Waals surface area (Å²) >= 11 is 0. The number of ether oxygens (including phenoxy) is 1. The Morgan fingerprint density at radius 2 is 1.58 bits per heavy atom. The summed E-state index contributed by atoms with van der Waals surface area (Å²) in [4.78, 5) is 0. The maximum atomic E-state index is 10.7. The van der Waals surface area contributed by atoms with Crippen LogP contribution in [0.4, 0.5) is 0 Å². The van der Waals surface area contributed by atoms with Gasteiger partial charge in [-0.2, -0.15) is 0 Å². The van der Waals surface area contributed by atoms with E-state index in [0.717, 1.165) is 60.5 Å². The van der Waals surface area contributed by atoms with Crippen molar-refractivity contribution in [1.82, 2.24) is 4.57 Å². The van der Waals surface area contributed by atoms with E-state index in [4.69, 9.17) is 13.8 Å². The van der Waals surface area contributed by atoms with Gasteiger partial charge in [-0.1, -0.05) is 48.5 Å². The second-order valence-electron chi connectivity index (χ2n) is 10.9. The van der Waals surface area contributed by atoms with Gasteiger partial charge in [-0.3, -0.25) is 0 Å². The van der Waals surface area contributed by atoms with Crippen molar-refractivity contribution in [2.24, 2.45) is 0 Å². The summed E-state index contributed by atoms with van der Waals surface area (Å²) in [6.45, 7) is 7.99. The average Bonchev–Trinajstić information content (AvgIpc) is 3.43. The molecule has 1 radical (unpaired) electrons. The summed E-state index contributed by atoms with van der Waals surface area (Å²) < 4.78 is 20.4. The van der Waals surface area contributed by atoms with Gasteiger partial charge in [0.1, 0.15) is 16.9 Å². The summed E-state index contributed by atoms with van der Waals surface area (Å²) in [5, 5.41) is 15.0. The number of hydrogen-bond acceptors (Lipinski definition) is 4. The van der Waals surface area contributed by atoms with E-state index in [1.807, 2.05) is 50.2 Å². The van der Waals surface area contributed by atoms with Crippen LogP contribution in [0.25, 0.3) is 43.7 Å². The molecule has 38 heavy (non-hydrogen) atoms. The largest absolute Gasteiger partial charge is 0.497 e. The molecule has 5 nitrogen and oxygen atoms in total. The highest BCUT2D eigenvalue weighted by Crippen LogP contribution is 2.39. The van der Waals surface area contributed by atoms with Crippen molar-refractivity contribution >= 4 is 56.7 Å². The van der Waals surface area contributed by atoms with Crippen LogP contribution in [0.5, 0.6) is 5.75 Å². The van der Waals surface area contributed by atoms with E-state index in [0.29, 0.717) is 6.54 Å². The minimum absolute atomic E-state index is 0.662. The molecule has 0 saturated carbocycles. The lowest BCUT2D eigenvalue weighted by molar-refractivity contribution is -0.0893. The van der Waals surface area contributed by atoms with E-state index in [2.05, 4.69) is 47.0 Å². The summed E-state index contributed by atoms with van der Waals surface area (Å²) in [6.07, 6.45) is 0. The molecule has 0 aliphatic rings. The fourth-order valence-electron chi connectivity index (χ4n) is 4.98. The van der Waals surface area contributed by atoms with Crippen LogP contribution in [-0.4, -0.2) is 35.5 Å². The second kappa shape index (κ2) is 8.93. The van der Waals surface area contributed by atoms with Gasteiger partial charge in [0, 0.05) is 28.2 Å². The monoisotopic (exact) mass is 504 g/mol. The number of fused-ring (bicyclic) bond motifs is 7. The second-order valence-corrected chi connectivity index (χ2v) is 10.9. The van der Waals surface area contributed by atoms with Gasteiger partial charge in [0.05, 0.1) is 29.2 Å². The lowest BCUT2D eigenvalue weighted by Gasteiger charge is -2.37. The lowest BCUT2D eigenvalue weighted by Crippen LogP contribution is -2.49. The number of hydrogen-bond donors (Lipinski definition) is 1. The summed E-state index contributed by atoms with van der Waals surface area (Å²) in [6, 6.07) is 26.9. The Morgan fingerprint density at radius 3 is 2.32 bits per heavy atom. The molecule has 6 aromatic rings. The molecule has 2 heterocycles. The normalized spacial score (nSPS) is 12.7. The first-order valence-corrected chi connectivity index (χ1v) is 12.9. The molecule has 0 amide bonds. The van der Waals surface area contributed by atoms with Gasteiger partial charge >= 0.3 is 7.48 Å². The smallest absolute Gasteiger partial charge is 0.333 e. The Hall–Kier alpha value is -3.74. The quantitative estimate of drug-likeness (QED) is 0.250. The Labute approximate surface area is 222 Å². The van der Waals surface area contributed by atoms with Crippen molar-refractivity contribution in [1.29, 1.82) is 0 Å². The number of furan rings is 1. The first-order valence-electron chi connectivity index (χ1n) is 12.9. The number of rotatable bonds is 7. The number of nitrogens with zero attached hydrogens (tertiary/aromatic N) is 1. The van der Waals surface area contributed by atoms with Gasteiger partial charge in [0.2, 0.25) is 0 Å². The maximum Gasteiger partial charge on any atom is 0.333 e. The molecule has 1 N–H and O–H groups in total. The van der Waals surface area contributed by atoms with E-state index in [1.54, 1.807) is 28.4 Å². The topological polar surface area (TPSA) is 56.8 Å². The zero-order valence-corrected chi connectivity index (χ0v) is 22.4. The molecule has 0 fully saturated rings. The molecule has 6 rings (SSSR count). The fraction of sp³-hybridized carbons (Fsp3) is 0.250. The molecule has 0 bridgehead atoms. The zero-order chi connectivity index (χ0) is 26.7. The van der Waals surface area contributed by atoms with Crippen LogP contribution in [0.3, 0.4) is 0 Å². The molecule has 2 aromatic heterocycles. The van der Waals surface area contributed by atoms with Gasteiger partial charge in [0.15, 0.2) is 0 Å².